The van der Waals surface area contributed by atoms with Gasteiger partial charge in [-0.3, -0.25) is 10.00 Å². The van der Waals surface area contributed by atoms with Crippen LogP contribution in [0.2, 0.25) is 0 Å². The first-order valence-corrected chi connectivity index (χ1v) is 8.45. The molecule has 3 rings (SSSR count). The lowest BCUT2D eigenvalue weighted by atomic mass is 10.0. The Hall–Kier alpha value is -1.67. The summed E-state index contributed by atoms with van der Waals surface area (Å²) in [6.45, 7) is 7.49. The van der Waals surface area contributed by atoms with E-state index in [1.165, 1.54) is 6.42 Å². The van der Waals surface area contributed by atoms with E-state index in [9.17, 15) is 4.79 Å². The van der Waals surface area contributed by atoms with Crippen LogP contribution in [0.3, 0.4) is 0 Å². The van der Waals surface area contributed by atoms with Crippen molar-refractivity contribution in [3.63, 3.8) is 0 Å². The van der Waals surface area contributed by atoms with Gasteiger partial charge in [0, 0.05) is 32.2 Å². The Labute approximate surface area is 136 Å². The van der Waals surface area contributed by atoms with E-state index in [0.29, 0.717) is 12.4 Å². The SMILES string of the molecule is Cc1nc(CNC(=O)N2CCCCC2CN2CCOCC2)n[nH]1. The van der Waals surface area contributed by atoms with Crippen LogP contribution in [0.4, 0.5) is 4.79 Å². The number of hydrogen-bond acceptors (Lipinski definition) is 5. The first kappa shape index (κ1) is 16.2. The van der Waals surface area contributed by atoms with Crippen LogP contribution >= 0.6 is 0 Å². The second-order valence-corrected chi connectivity index (χ2v) is 6.25. The van der Waals surface area contributed by atoms with Crippen LogP contribution in [-0.4, -0.2) is 76.4 Å². The van der Waals surface area contributed by atoms with Crippen molar-refractivity contribution in [2.45, 2.75) is 38.8 Å². The number of rotatable bonds is 4. The zero-order valence-electron chi connectivity index (χ0n) is 13.8. The van der Waals surface area contributed by atoms with Gasteiger partial charge in [0.25, 0.3) is 0 Å². The third-order valence-electron chi connectivity index (χ3n) is 4.50. The van der Waals surface area contributed by atoms with E-state index in [1.54, 1.807) is 0 Å². The molecule has 0 aliphatic carbocycles. The average Bonchev–Trinajstić information content (AvgIpc) is 3.00. The smallest absolute Gasteiger partial charge is 0.318 e. The van der Waals surface area contributed by atoms with Gasteiger partial charge >= 0.3 is 6.03 Å². The number of aromatic nitrogens is 3. The minimum Gasteiger partial charge on any atom is -0.379 e. The Morgan fingerprint density at radius 1 is 1.35 bits per heavy atom. The minimum atomic E-state index is -0.00888. The van der Waals surface area contributed by atoms with Crippen molar-refractivity contribution in [1.82, 2.24) is 30.3 Å². The van der Waals surface area contributed by atoms with Crippen molar-refractivity contribution >= 4 is 6.03 Å². The molecule has 3 heterocycles. The lowest BCUT2D eigenvalue weighted by Gasteiger charge is -2.39. The number of amides is 2. The molecule has 0 radical (unpaired) electrons. The van der Waals surface area contributed by atoms with E-state index >= 15 is 0 Å². The molecule has 2 N–H and O–H groups in total. The van der Waals surface area contributed by atoms with Crippen molar-refractivity contribution < 1.29 is 9.53 Å². The number of carbonyl (C=O) groups excluding carboxylic acids is 1. The van der Waals surface area contributed by atoms with E-state index in [2.05, 4.69) is 25.4 Å². The second-order valence-electron chi connectivity index (χ2n) is 6.25. The lowest BCUT2D eigenvalue weighted by Crippen LogP contribution is -2.54. The van der Waals surface area contributed by atoms with Crippen molar-refractivity contribution in [1.29, 1.82) is 0 Å². The number of hydrogen-bond donors (Lipinski definition) is 2. The van der Waals surface area contributed by atoms with Gasteiger partial charge in [0.05, 0.1) is 19.8 Å². The first-order valence-electron chi connectivity index (χ1n) is 8.45. The molecular weight excluding hydrogens is 296 g/mol. The number of nitrogens with one attached hydrogen (secondary N) is 2. The number of aryl methyl sites for hydroxylation is 1. The molecule has 0 aromatic carbocycles. The maximum atomic E-state index is 12.5. The molecule has 0 saturated carbocycles. The number of H-pyrrole nitrogens is 1. The Bertz CT molecular complexity index is 514. The number of morpholine rings is 1. The van der Waals surface area contributed by atoms with Crippen LogP contribution in [0.5, 0.6) is 0 Å². The average molecular weight is 322 g/mol. The van der Waals surface area contributed by atoms with Crippen molar-refractivity contribution in [3.8, 4) is 0 Å². The molecule has 8 nitrogen and oxygen atoms in total. The molecule has 0 spiro atoms. The van der Waals surface area contributed by atoms with Crippen LogP contribution in [0.15, 0.2) is 0 Å². The molecule has 2 fully saturated rings. The number of ether oxygens (including phenoxy) is 1. The lowest BCUT2D eigenvalue weighted by molar-refractivity contribution is 0.0221. The van der Waals surface area contributed by atoms with Gasteiger partial charge in [-0.1, -0.05) is 0 Å². The summed E-state index contributed by atoms with van der Waals surface area (Å²) in [6, 6.07) is 0.279. The summed E-state index contributed by atoms with van der Waals surface area (Å²) in [4.78, 5) is 21.1. The first-order chi connectivity index (χ1) is 11.2. The summed E-state index contributed by atoms with van der Waals surface area (Å²) in [6.07, 6.45) is 3.34. The van der Waals surface area contributed by atoms with Gasteiger partial charge in [-0.2, -0.15) is 5.10 Å². The normalized spacial score (nSPS) is 23.0. The molecule has 2 aliphatic heterocycles. The molecule has 1 atom stereocenters. The van der Waals surface area contributed by atoms with Crippen LogP contribution < -0.4 is 5.32 Å². The fourth-order valence-corrected chi connectivity index (χ4v) is 3.26. The van der Waals surface area contributed by atoms with Gasteiger partial charge in [0.2, 0.25) is 0 Å². The number of nitrogens with zero attached hydrogens (tertiary/aromatic N) is 4. The summed E-state index contributed by atoms with van der Waals surface area (Å²) in [7, 11) is 0. The Morgan fingerprint density at radius 2 is 2.17 bits per heavy atom. The van der Waals surface area contributed by atoms with Gasteiger partial charge in [-0.05, 0) is 26.2 Å². The highest BCUT2D eigenvalue weighted by molar-refractivity contribution is 5.74. The van der Waals surface area contributed by atoms with Crippen molar-refractivity contribution in [3.05, 3.63) is 11.6 Å². The zero-order chi connectivity index (χ0) is 16.1. The topological polar surface area (TPSA) is 86.4 Å². The number of likely N-dealkylation sites (tertiary alicyclic amines) is 1. The predicted octanol–water partition coefficient (Wildman–Crippen LogP) is 0.509. The summed E-state index contributed by atoms with van der Waals surface area (Å²) >= 11 is 0. The molecule has 1 aromatic heterocycles. The van der Waals surface area contributed by atoms with Gasteiger partial charge in [0.15, 0.2) is 5.82 Å². The largest absolute Gasteiger partial charge is 0.379 e. The Balaban J connectivity index is 1.53. The molecule has 0 bridgehead atoms. The summed E-state index contributed by atoms with van der Waals surface area (Å²) in [5.74, 6) is 1.38. The monoisotopic (exact) mass is 322 g/mol. The van der Waals surface area contributed by atoms with Gasteiger partial charge in [0.1, 0.15) is 5.82 Å². The number of aromatic amines is 1. The quantitative estimate of drug-likeness (QED) is 0.843. The molecule has 8 heteroatoms. The molecule has 2 saturated heterocycles. The molecule has 1 aromatic rings. The van der Waals surface area contributed by atoms with Crippen LogP contribution in [0.1, 0.15) is 30.9 Å². The molecule has 2 aliphatic rings. The fraction of sp³-hybridized carbons (Fsp3) is 0.800. The highest BCUT2D eigenvalue weighted by Crippen LogP contribution is 2.18. The highest BCUT2D eigenvalue weighted by Gasteiger charge is 2.28. The molecular formula is C15H26N6O2. The number of carbonyl (C=O) groups is 1. The molecule has 23 heavy (non-hydrogen) atoms. The van der Waals surface area contributed by atoms with Gasteiger partial charge < -0.3 is 15.0 Å². The number of piperidine rings is 1. The van der Waals surface area contributed by atoms with Crippen LogP contribution in [0.25, 0.3) is 0 Å². The van der Waals surface area contributed by atoms with Gasteiger partial charge in [-0.25, -0.2) is 9.78 Å². The third-order valence-corrected chi connectivity index (χ3v) is 4.50. The maximum absolute atomic E-state index is 12.5. The second kappa shape index (κ2) is 7.74. The summed E-state index contributed by atoms with van der Waals surface area (Å²) in [5.41, 5.74) is 0. The van der Waals surface area contributed by atoms with E-state index < -0.39 is 0 Å². The summed E-state index contributed by atoms with van der Waals surface area (Å²) < 4.78 is 5.40. The third kappa shape index (κ3) is 4.42. The fourth-order valence-electron chi connectivity index (χ4n) is 3.26. The molecule has 1 unspecified atom stereocenters. The molecule has 2 amide bonds. The van der Waals surface area contributed by atoms with Crippen molar-refractivity contribution in [2.24, 2.45) is 0 Å². The molecule has 128 valence electrons. The van der Waals surface area contributed by atoms with E-state index in [1.807, 2.05) is 11.8 Å². The number of urea groups is 1. The maximum Gasteiger partial charge on any atom is 0.318 e. The van der Waals surface area contributed by atoms with E-state index in [0.717, 1.165) is 58.1 Å². The standard InChI is InChI=1S/C15H26N6O2/c1-12-17-14(19-18-12)10-16-15(22)21-5-3-2-4-13(21)11-20-6-8-23-9-7-20/h13H,2-11H2,1H3,(H,16,22)(H,17,18,19). The minimum absolute atomic E-state index is 0.00888. The summed E-state index contributed by atoms with van der Waals surface area (Å²) in [5, 5.41) is 9.79. The predicted molar refractivity (Wildman–Crippen MR) is 85.0 cm³/mol. The van der Waals surface area contributed by atoms with E-state index in [4.69, 9.17) is 4.74 Å². The zero-order valence-corrected chi connectivity index (χ0v) is 13.8. The Kier molecular flexibility index (Phi) is 5.45. The highest BCUT2D eigenvalue weighted by atomic mass is 16.5. The van der Waals surface area contributed by atoms with Crippen LogP contribution in [-0.2, 0) is 11.3 Å². The van der Waals surface area contributed by atoms with Crippen LogP contribution in [0, 0.1) is 6.92 Å². The Morgan fingerprint density at radius 3 is 2.91 bits per heavy atom. The van der Waals surface area contributed by atoms with Crippen molar-refractivity contribution in [2.75, 3.05) is 39.4 Å². The van der Waals surface area contributed by atoms with Gasteiger partial charge in [-0.15, -0.1) is 0 Å². The van der Waals surface area contributed by atoms with E-state index in [-0.39, 0.29) is 12.1 Å².